The SMILES string of the molecule is O=C(NCc1ccc(F)cc1)c1cc(Cl)c(Cl)c([N+](=O)[O-])c1. The van der Waals surface area contributed by atoms with Crippen molar-refractivity contribution in [3.8, 4) is 0 Å². The van der Waals surface area contributed by atoms with Crippen LogP contribution in [0.3, 0.4) is 0 Å². The quantitative estimate of drug-likeness (QED) is 0.674. The van der Waals surface area contributed by atoms with Gasteiger partial charge in [-0.25, -0.2) is 4.39 Å². The van der Waals surface area contributed by atoms with Crippen molar-refractivity contribution in [3.05, 3.63) is 73.5 Å². The molecule has 2 aromatic carbocycles. The maximum atomic E-state index is 12.8. The van der Waals surface area contributed by atoms with Crippen LogP contribution in [0.4, 0.5) is 10.1 Å². The Kier molecular flexibility index (Phi) is 4.95. The van der Waals surface area contributed by atoms with Crippen molar-refractivity contribution in [2.24, 2.45) is 0 Å². The molecule has 0 aromatic heterocycles. The predicted octanol–water partition coefficient (Wildman–Crippen LogP) is 3.97. The number of hydrogen-bond acceptors (Lipinski definition) is 3. The number of amides is 1. The van der Waals surface area contributed by atoms with Crippen LogP contribution >= 0.6 is 23.2 Å². The number of halogens is 3. The van der Waals surface area contributed by atoms with E-state index in [1.54, 1.807) is 0 Å². The Bertz CT molecular complexity index is 736. The second-order valence-corrected chi connectivity index (χ2v) is 5.14. The van der Waals surface area contributed by atoms with Crippen molar-refractivity contribution in [1.29, 1.82) is 0 Å². The lowest BCUT2D eigenvalue weighted by atomic mass is 10.1. The van der Waals surface area contributed by atoms with Crippen LogP contribution in [0.5, 0.6) is 0 Å². The van der Waals surface area contributed by atoms with E-state index in [4.69, 9.17) is 23.2 Å². The van der Waals surface area contributed by atoms with Gasteiger partial charge in [-0.3, -0.25) is 14.9 Å². The second kappa shape index (κ2) is 6.72. The van der Waals surface area contributed by atoms with Gasteiger partial charge in [0.1, 0.15) is 10.8 Å². The lowest BCUT2D eigenvalue weighted by molar-refractivity contribution is -0.384. The molecule has 0 spiro atoms. The van der Waals surface area contributed by atoms with Crippen LogP contribution in [0.15, 0.2) is 36.4 Å². The number of nitro groups is 1. The van der Waals surface area contributed by atoms with Gasteiger partial charge in [0.25, 0.3) is 11.6 Å². The van der Waals surface area contributed by atoms with Crippen molar-refractivity contribution in [2.45, 2.75) is 6.54 Å². The molecule has 1 amide bonds. The van der Waals surface area contributed by atoms with Crippen LogP contribution in [0.25, 0.3) is 0 Å². The van der Waals surface area contributed by atoms with Crippen molar-refractivity contribution in [2.75, 3.05) is 0 Å². The number of carbonyl (C=O) groups excluding carboxylic acids is 1. The standard InChI is InChI=1S/C14H9Cl2FN2O3/c15-11-5-9(6-12(13(11)16)19(21)22)14(20)18-7-8-1-3-10(17)4-2-8/h1-6H,7H2,(H,18,20). The summed E-state index contributed by atoms with van der Waals surface area (Å²) in [4.78, 5) is 22.2. The van der Waals surface area contributed by atoms with Gasteiger partial charge < -0.3 is 5.32 Å². The van der Waals surface area contributed by atoms with Gasteiger partial charge in [-0.1, -0.05) is 35.3 Å². The number of nitro benzene ring substituents is 1. The Morgan fingerprint density at radius 1 is 1.23 bits per heavy atom. The number of nitrogens with one attached hydrogen (secondary N) is 1. The molecule has 0 atom stereocenters. The molecule has 0 unspecified atom stereocenters. The summed E-state index contributed by atoms with van der Waals surface area (Å²) in [5.41, 5.74) is 0.258. The molecule has 0 heterocycles. The van der Waals surface area contributed by atoms with Crippen LogP contribution in [0.2, 0.25) is 10.0 Å². The summed E-state index contributed by atoms with van der Waals surface area (Å²) >= 11 is 11.5. The fraction of sp³-hybridized carbons (Fsp3) is 0.0714. The highest BCUT2D eigenvalue weighted by atomic mass is 35.5. The second-order valence-electron chi connectivity index (χ2n) is 4.36. The summed E-state index contributed by atoms with van der Waals surface area (Å²) in [6.45, 7) is 0.146. The van der Waals surface area contributed by atoms with Gasteiger partial charge in [0.05, 0.1) is 9.95 Å². The lowest BCUT2D eigenvalue weighted by Gasteiger charge is -2.07. The zero-order valence-electron chi connectivity index (χ0n) is 11.0. The molecule has 0 aliphatic carbocycles. The van der Waals surface area contributed by atoms with Gasteiger partial charge in [-0.05, 0) is 23.8 Å². The topological polar surface area (TPSA) is 72.2 Å². The zero-order chi connectivity index (χ0) is 16.3. The van der Waals surface area contributed by atoms with Crippen molar-refractivity contribution in [3.63, 3.8) is 0 Å². The molecule has 0 aliphatic rings. The fourth-order valence-electron chi connectivity index (χ4n) is 1.73. The Labute approximate surface area is 134 Å². The molecule has 2 aromatic rings. The van der Waals surface area contributed by atoms with E-state index < -0.39 is 16.5 Å². The van der Waals surface area contributed by atoms with Crippen LogP contribution in [-0.2, 0) is 6.54 Å². The highest BCUT2D eigenvalue weighted by Crippen LogP contribution is 2.33. The van der Waals surface area contributed by atoms with Crippen LogP contribution in [0.1, 0.15) is 15.9 Å². The molecule has 5 nitrogen and oxygen atoms in total. The molecule has 2 rings (SSSR count). The molecule has 8 heteroatoms. The molecule has 0 saturated carbocycles. The van der Waals surface area contributed by atoms with Crippen LogP contribution < -0.4 is 5.32 Å². The summed E-state index contributed by atoms with van der Waals surface area (Å²) in [5.74, 6) is -0.929. The largest absolute Gasteiger partial charge is 0.348 e. The lowest BCUT2D eigenvalue weighted by Crippen LogP contribution is -2.22. The predicted molar refractivity (Wildman–Crippen MR) is 80.7 cm³/mol. The number of benzene rings is 2. The summed E-state index contributed by atoms with van der Waals surface area (Å²) < 4.78 is 12.8. The molecule has 0 fully saturated rings. The maximum absolute atomic E-state index is 12.8. The van der Waals surface area contributed by atoms with Gasteiger partial charge in [0, 0.05) is 18.2 Å². The third-order valence-corrected chi connectivity index (χ3v) is 3.63. The minimum Gasteiger partial charge on any atom is -0.348 e. The molecule has 0 radical (unpaired) electrons. The van der Waals surface area contributed by atoms with E-state index in [1.807, 2.05) is 0 Å². The number of hydrogen-bond donors (Lipinski definition) is 1. The third kappa shape index (κ3) is 3.72. The zero-order valence-corrected chi connectivity index (χ0v) is 12.5. The first-order valence-electron chi connectivity index (χ1n) is 6.04. The maximum Gasteiger partial charge on any atom is 0.290 e. The van der Waals surface area contributed by atoms with E-state index >= 15 is 0 Å². The van der Waals surface area contributed by atoms with Crippen molar-refractivity contribution < 1.29 is 14.1 Å². The molecular formula is C14H9Cl2FN2O3. The Morgan fingerprint density at radius 2 is 1.86 bits per heavy atom. The normalized spacial score (nSPS) is 10.3. The molecule has 114 valence electrons. The van der Waals surface area contributed by atoms with Gasteiger partial charge in [0.2, 0.25) is 0 Å². The number of nitrogens with zero attached hydrogens (tertiary/aromatic N) is 1. The molecule has 22 heavy (non-hydrogen) atoms. The van der Waals surface area contributed by atoms with Crippen molar-refractivity contribution in [1.82, 2.24) is 5.32 Å². The third-order valence-electron chi connectivity index (χ3n) is 2.83. The van der Waals surface area contributed by atoms with Gasteiger partial charge in [0.15, 0.2) is 0 Å². The highest BCUT2D eigenvalue weighted by molar-refractivity contribution is 6.43. The summed E-state index contributed by atoms with van der Waals surface area (Å²) in [7, 11) is 0. The van der Waals surface area contributed by atoms with Gasteiger partial charge >= 0.3 is 0 Å². The summed E-state index contributed by atoms with van der Waals surface area (Å²) in [6, 6.07) is 7.88. The van der Waals surface area contributed by atoms with E-state index in [1.165, 1.54) is 30.3 Å². The summed E-state index contributed by atoms with van der Waals surface area (Å²) in [5, 5.41) is 13.1. The molecule has 0 aliphatic heterocycles. The fourth-order valence-corrected chi connectivity index (χ4v) is 2.12. The minimum atomic E-state index is -0.717. The molecule has 0 saturated heterocycles. The highest BCUT2D eigenvalue weighted by Gasteiger charge is 2.20. The van der Waals surface area contributed by atoms with Crippen LogP contribution in [0, 0.1) is 15.9 Å². The van der Waals surface area contributed by atoms with E-state index in [0.717, 1.165) is 6.07 Å². The Morgan fingerprint density at radius 3 is 2.45 bits per heavy atom. The van der Waals surface area contributed by atoms with Gasteiger partial charge in [-0.15, -0.1) is 0 Å². The molecule has 1 N–H and O–H groups in total. The smallest absolute Gasteiger partial charge is 0.290 e. The molecule has 0 bridgehead atoms. The Balaban J connectivity index is 2.16. The number of carbonyl (C=O) groups is 1. The number of rotatable bonds is 4. The Hall–Kier alpha value is -2.18. The minimum absolute atomic E-state index is 0.0169. The molecular weight excluding hydrogens is 334 g/mol. The first-order chi connectivity index (χ1) is 10.4. The van der Waals surface area contributed by atoms with E-state index in [-0.39, 0.29) is 28.0 Å². The monoisotopic (exact) mass is 342 g/mol. The van der Waals surface area contributed by atoms with E-state index in [9.17, 15) is 19.3 Å². The first-order valence-corrected chi connectivity index (χ1v) is 6.80. The van der Waals surface area contributed by atoms with Crippen LogP contribution in [-0.4, -0.2) is 10.8 Å². The average molecular weight is 343 g/mol. The average Bonchev–Trinajstić information content (AvgIpc) is 2.48. The first kappa shape index (κ1) is 16.2. The van der Waals surface area contributed by atoms with Gasteiger partial charge in [-0.2, -0.15) is 0 Å². The van der Waals surface area contributed by atoms with Crippen molar-refractivity contribution >= 4 is 34.8 Å². The van der Waals surface area contributed by atoms with E-state index in [2.05, 4.69) is 5.32 Å². The van der Waals surface area contributed by atoms with E-state index in [0.29, 0.717) is 5.56 Å². The summed E-state index contributed by atoms with van der Waals surface area (Å²) in [6.07, 6.45) is 0.